The number of allylic oxidation sites excluding steroid dienone is 2. The number of benzene rings is 4. The lowest BCUT2D eigenvalue weighted by Crippen LogP contribution is -2.27. The zero-order valence-corrected chi connectivity index (χ0v) is 35.8. The van der Waals surface area contributed by atoms with Crippen LogP contribution in [0.3, 0.4) is 0 Å². The molecule has 0 bridgehead atoms. The number of aryl methyl sites for hydroxylation is 2. The summed E-state index contributed by atoms with van der Waals surface area (Å²) < 4.78 is 75.1. The first-order valence-corrected chi connectivity index (χ1v) is 21.8. The Morgan fingerprint density at radius 3 is 1.28 bits per heavy atom. The third-order valence-electron chi connectivity index (χ3n) is 9.87. The van der Waals surface area contributed by atoms with E-state index in [2.05, 4.69) is 31.7 Å². The molecular weight excluding hydrogens is 921 g/mol. The number of hydrogen-bond acceptors (Lipinski definition) is 16. The molecule has 1 aromatic heterocycles. The molecule has 340 valence electrons. The average molecular weight is 951 g/mol. The molecule has 0 atom stereocenters. The van der Waals surface area contributed by atoms with Crippen molar-refractivity contribution >= 4 is 102 Å². The molecule has 0 saturated heterocycles. The van der Waals surface area contributed by atoms with E-state index >= 15 is 0 Å². The van der Waals surface area contributed by atoms with Gasteiger partial charge in [0.1, 0.15) is 9.81 Å². The summed E-state index contributed by atoms with van der Waals surface area (Å²) in [5.74, 6) is -7.83. The normalized spacial score (nSPS) is 14.6. The maximum Gasteiger partial charge on any atom is 0.335 e. The molecule has 2 aliphatic rings. The first-order valence-electron chi connectivity index (χ1n) is 18.9. The van der Waals surface area contributed by atoms with Crippen molar-refractivity contribution in [2.75, 3.05) is 21.5 Å². The third kappa shape index (κ3) is 9.86. The average Bonchev–Trinajstić information content (AvgIpc) is 3.25. The van der Waals surface area contributed by atoms with Crippen LogP contribution in [0.25, 0.3) is 12.2 Å². The second-order valence-corrected chi connectivity index (χ2v) is 17.3. The summed E-state index contributed by atoms with van der Waals surface area (Å²) >= 11 is 0. The van der Waals surface area contributed by atoms with Gasteiger partial charge in [-0.15, -0.1) is 0 Å². The molecule has 0 saturated carbocycles. The number of carbonyl (C=O) groups excluding carboxylic acids is 4. The van der Waals surface area contributed by atoms with Crippen LogP contribution >= 0.6 is 0 Å². The fraction of sp³-hybridized carbons (Fsp3) is 0.0465. The van der Waals surface area contributed by atoms with Crippen molar-refractivity contribution in [1.29, 1.82) is 0 Å². The third-order valence-corrected chi connectivity index (χ3v) is 11.6. The zero-order chi connectivity index (χ0) is 48.7. The monoisotopic (exact) mass is 950 g/mol. The number of rotatable bonds is 12. The van der Waals surface area contributed by atoms with Crippen LogP contribution in [-0.4, -0.2) is 82.9 Å². The van der Waals surface area contributed by atoms with Gasteiger partial charge in [0, 0.05) is 34.6 Å². The largest absolute Gasteiger partial charge is 0.478 e. The van der Waals surface area contributed by atoms with Crippen LogP contribution in [0.15, 0.2) is 114 Å². The molecule has 0 unspecified atom stereocenters. The molecule has 22 nitrogen and oxygen atoms in total. The Bertz CT molecular complexity index is 3270. The van der Waals surface area contributed by atoms with Gasteiger partial charge in [-0.1, -0.05) is 0 Å². The second kappa shape index (κ2) is 17.7. The summed E-state index contributed by atoms with van der Waals surface area (Å²) in [6.07, 6.45) is 1.84. The first-order chi connectivity index (χ1) is 31.5. The van der Waals surface area contributed by atoms with Gasteiger partial charge in [0.25, 0.3) is 32.1 Å². The van der Waals surface area contributed by atoms with E-state index in [4.69, 9.17) is 4.42 Å². The van der Waals surface area contributed by atoms with E-state index in [9.17, 15) is 69.7 Å². The number of nitrogens with one attached hydrogen (secondary N) is 4. The van der Waals surface area contributed by atoms with Crippen molar-refractivity contribution in [2.24, 2.45) is 10.2 Å². The van der Waals surface area contributed by atoms with E-state index in [-0.39, 0.29) is 56.1 Å². The summed E-state index contributed by atoms with van der Waals surface area (Å²) in [5.41, 5.74) is 3.36. The molecule has 1 heterocycles. The van der Waals surface area contributed by atoms with E-state index in [0.717, 1.165) is 24.3 Å². The lowest BCUT2D eigenvalue weighted by Gasteiger charge is -2.18. The molecule has 0 fully saturated rings. The molecule has 24 heteroatoms. The smallest absolute Gasteiger partial charge is 0.335 e. The second-order valence-electron chi connectivity index (χ2n) is 14.5. The van der Waals surface area contributed by atoms with Gasteiger partial charge in [0.2, 0.25) is 11.6 Å². The van der Waals surface area contributed by atoms with Crippen LogP contribution in [0.2, 0.25) is 0 Å². The predicted molar refractivity (Wildman–Crippen MR) is 240 cm³/mol. The van der Waals surface area contributed by atoms with E-state index in [1.54, 1.807) is 0 Å². The van der Waals surface area contributed by atoms with Crippen molar-refractivity contribution in [2.45, 2.75) is 13.8 Å². The highest BCUT2D eigenvalue weighted by Gasteiger charge is 2.35. The fourth-order valence-electron chi connectivity index (χ4n) is 6.60. The van der Waals surface area contributed by atoms with E-state index in [0.29, 0.717) is 11.1 Å². The Hall–Kier alpha value is -8.71. The van der Waals surface area contributed by atoms with Gasteiger partial charge in [-0.3, -0.25) is 43.9 Å². The number of hydrazone groups is 2. The summed E-state index contributed by atoms with van der Waals surface area (Å²) in [6.45, 7) is 3.07. The Labute approximate surface area is 376 Å². The number of carboxylic acids is 2. The van der Waals surface area contributed by atoms with E-state index in [1.807, 2.05) is 0 Å². The van der Waals surface area contributed by atoms with Gasteiger partial charge < -0.3 is 25.3 Å². The highest BCUT2D eigenvalue weighted by atomic mass is 32.2. The van der Waals surface area contributed by atoms with Crippen LogP contribution in [0, 0.1) is 13.8 Å². The molecule has 4 aromatic carbocycles. The number of amides is 2. The van der Waals surface area contributed by atoms with Crippen LogP contribution < -0.4 is 26.9 Å². The van der Waals surface area contributed by atoms with Crippen molar-refractivity contribution < 1.29 is 69.3 Å². The Morgan fingerprint density at radius 1 is 0.552 bits per heavy atom. The fourth-order valence-corrected chi connectivity index (χ4v) is 7.92. The summed E-state index contributed by atoms with van der Waals surface area (Å²) in [4.78, 5) is 87.1. The molecule has 8 N–H and O–H groups in total. The Morgan fingerprint density at radius 2 is 0.940 bits per heavy atom. The molecule has 0 aliphatic heterocycles. The molecule has 5 aromatic rings. The highest BCUT2D eigenvalue weighted by molar-refractivity contribution is 7.91. The van der Waals surface area contributed by atoms with Crippen LogP contribution in [0.5, 0.6) is 0 Å². The zero-order valence-electron chi connectivity index (χ0n) is 34.1. The van der Waals surface area contributed by atoms with Crippen molar-refractivity contribution in [1.82, 2.24) is 0 Å². The minimum Gasteiger partial charge on any atom is -0.478 e. The highest BCUT2D eigenvalue weighted by Crippen LogP contribution is 2.31. The van der Waals surface area contributed by atoms with Crippen molar-refractivity contribution in [3.63, 3.8) is 0 Å². The van der Waals surface area contributed by atoms with Crippen LogP contribution in [-0.2, 0) is 20.2 Å². The number of nitrogens with zero attached hydrogens (tertiary/aromatic N) is 2. The topological polar surface area (TPSA) is 355 Å². The van der Waals surface area contributed by atoms with Gasteiger partial charge in [-0.2, -0.15) is 27.0 Å². The predicted octanol–water partition coefficient (Wildman–Crippen LogP) is 4.94. The number of ketones is 2. The molecule has 0 spiro atoms. The van der Waals surface area contributed by atoms with Gasteiger partial charge in [-0.05, 0) is 121 Å². The molecular formula is C43H30N6O16S2. The number of fused-ring (bicyclic) bond motifs is 2. The molecule has 67 heavy (non-hydrogen) atoms. The standard InChI is InChI=1S/C43H30N6O16S2/c1-19-11-21(42(55)56)3-9-30(19)46-48-36-34(66(59,60)61)15-23-13-25(5-7-28(23)38(36)51)44-40(53)32-17-27(50)18-33(65-32)41(54)45-26-6-8-29-24(14-26)16-35(67(62,63)64)37(39(29)52)49-47-31-10-4-22(43(57)58)12-20(31)2/h3-18,46-47H,1-2H3,(H,44,53)(H,45,54)(H,55,56)(H,57,58)(H,59,60,61)(H,62,63,64)/b48-36-,49-37-. The molecule has 2 aliphatic carbocycles. The number of aromatic carboxylic acids is 2. The first kappa shape index (κ1) is 46.3. The summed E-state index contributed by atoms with van der Waals surface area (Å²) in [6, 6.07) is 16.5. The van der Waals surface area contributed by atoms with Crippen LogP contribution in [0.1, 0.15) is 84.8 Å². The maximum atomic E-state index is 13.5. The minimum absolute atomic E-state index is 0.0394. The molecule has 2 amide bonds. The van der Waals surface area contributed by atoms with E-state index in [1.165, 1.54) is 86.6 Å². The minimum atomic E-state index is -5.09. The number of hydrogen-bond donors (Lipinski definition) is 8. The number of carboxylic acid groups (broad SMARTS) is 2. The number of Topliss-reactive ketones (excluding diaryl/α,β-unsaturated/α-hetero) is 2. The Balaban J connectivity index is 1.09. The summed E-state index contributed by atoms with van der Waals surface area (Å²) in [7, 11) is -10.2. The van der Waals surface area contributed by atoms with E-state index < -0.39 is 93.7 Å². The maximum absolute atomic E-state index is 13.5. The summed E-state index contributed by atoms with van der Waals surface area (Å²) in [5, 5.41) is 31.0. The van der Waals surface area contributed by atoms with Crippen molar-refractivity contribution in [3.8, 4) is 0 Å². The van der Waals surface area contributed by atoms with Gasteiger partial charge in [-0.25, -0.2) is 9.59 Å². The Kier molecular flexibility index (Phi) is 12.2. The SMILES string of the molecule is Cc1cc(C(=O)O)ccc1N/N=C1\C(=O)c2ccc(NC(=O)c3cc(=O)cc(C(=O)Nc4ccc5c(c4)C=C(S(=O)(=O)O)/C(=N/Nc4ccc(C(=O)O)cc4C)C5=O)o3)cc2C=C1S(=O)(=O)O. The molecule has 7 rings (SSSR count). The van der Waals surface area contributed by atoms with Gasteiger partial charge in [0.05, 0.1) is 22.5 Å². The lowest BCUT2D eigenvalue weighted by atomic mass is 9.94. The number of carbonyl (C=O) groups is 6. The van der Waals surface area contributed by atoms with Gasteiger partial charge in [0.15, 0.2) is 28.4 Å². The van der Waals surface area contributed by atoms with Crippen LogP contribution in [0.4, 0.5) is 22.7 Å². The quantitative estimate of drug-likeness (QED) is 0.0606. The molecule has 0 radical (unpaired) electrons. The van der Waals surface area contributed by atoms with Crippen molar-refractivity contribution in [3.05, 3.63) is 161 Å². The van der Waals surface area contributed by atoms with Gasteiger partial charge >= 0.3 is 11.9 Å². The number of anilines is 4. The lowest BCUT2D eigenvalue weighted by molar-refractivity contribution is 0.0686.